The molecule has 1 aromatic heterocycles. The Kier molecular flexibility index (Phi) is 3.13. The van der Waals surface area contributed by atoms with Gasteiger partial charge in [-0.2, -0.15) is 0 Å². The molecule has 0 saturated heterocycles. The van der Waals surface area contributed by atoms with Crippen molar-refractivity contribution in [3.05, 3.63) is 56.8 Å². The summed E-state index contributed by atoms with van der Waals surface area (Å²) < 4.78 is 0. The lowest BCUT2D eigenvalue weighted by atomic mass is 9.99. The second kappa shape index (κ2) is 4.40. The summed E-state index contributed by atoms with van der Waals surface area (Å²) in [6.45, 7) is 6.35. The van der Waals surface area contributed by atoms with Crippen molar-refractivity contribution in [2.75, 3.05) is 0 Å². The van der Waals surface area contributed by atoms with E-state index in [4.69, 9.17) is 5.73 Å². The first kappa shape index (κ1) is 11.4. The molecular weight excluding hydrogens is 214 g/mol. The highest BCUT2D eigenvalue weighted by molar-refractivity contribution is 7.12. The van der Waals surface area contributed by atoms with Gasteiger partial charge in [-0.15, -0.1) is 11.3 Å². The molecule has 0 radical (unpaired) electrons. The van der Waals surface area contributed by atoms with Gasteiger partial charge in [-0.05, 0) is 44.0 Å². The Balaban J connectivity index is 2.37. The quantitative estimate of drug-likeness (QED) is 0.837. The largest absolute Gasteiger partial charge is 0.320 e. The summed E-state index contributed by atoms with van der Waals surface area (Å²) in [5, 5.41) is 0. The molecule has 2 heteroatoms. The van der Waals surface area contributed by atoms with Crippen molar-refractivity contribution in [3.63, 3.8) is 0 Å². The molecule has 0 saturated carbocycles. The van der Waals surface area contributed by atoms with E-state index in [0.29, 0.717) is 0 Å². The molecule has 84 valence electrons. The van der Waals surface area contributed by atoms with Crippen molar-refractivity contribution in [1.29, 1.82) is 0 Å². The fraction of sp³-hybridized carbons (Fsp3) is 0.286. The normalized spacial score (nSPS) is 12.8. The summed E-state index contributed by atoms with van der Waals surface area (Å²) in [6, 6.07) is 10.7. The van der Waals surface area contributed by atoms with Crippen LogP contribution in [0.15, 0.2) is 30.3 Å². The van der Waals surface area contributed by atoms with E-state index in [9.17, 15) is 0 Å². The van der Waals surface area contributed by atoms with Gasteiger partial charge in [0.2, 0.25) is 0 Å². The molecule has 0 aliphatic heterocycles. The third kappa shape index (κ3) is 2.18. The van der Waals surface area contributed by atoms with E-state index in [1.54, 1.807) is 11.3 Å². The topological polar surface area (TPSA) is 26.0 Å². The van der Waals surface area contributed by atoms with E-state index in [1.807, 2.05) is 0 Å². The molecule has 0 fully saturated rings. The zero-order valence-corrected chi connectivity index (χ0v) is 10.8. The van der Waals surface area contributed by atoms with Crippen LogP contribution in [0.2, 0.25) is 0 Å². The molecular formula is C14H17NS. The molecule has 1 nitrogen and oxygen atoms in total. The first-order chi connectivity index (χ1) is 7.58. The number of benzene rings is 1. The van der Waals surface area contributed by atoms with Crippen LogP contribution in [0.5, 0.6) is 0 Å². The van der Waals surface area contributed by atoms with E-state index in [1.165, 1.54) is 26.4 Å². The summed E-state index contributed by atoms with van der Waals surface area (Å²) in [4.78, 5) is 2.56. The second-order valence-electron chi connectivity index (χ2n) is 4.29. The summed E-state index contributed by atoms with van der Waals surface area (Å²) in [6.07, 6.45) is 0. The SMILES string of the molecule is Cc1ccc(C(N)c2ccc(C)s2)c(C)c1. The molecule has 0 amide bonds. The Morgan fingerprint density at radius 3 is 2.38 bits per heavy atom. The highest BCUT2D eigenvalue weighted by Gasteiger charge is 2.12. The zero-order valence-electron chi connectivity index (χ0n) is 9.95. The molecule has 0 spiro atoms. The Hall–Kier alpha value is -1.12. The van der Waals surface area contributed by atoms with Gasteiger partial charge in [-0.3, -0.25) is 0 Å². The van der Waals surface area contributed by atoms with Crippen molar-refractivity contribution >= 4 is 11.3 Å². The zero-order chi connectivity index (χ0) is 11.7. The Bertz CT molecular complexity index is 499. The van der Waals surface area contributed by atoms with E-state index in [-0.39, 0.29) is 6.04 Å². The van der Waals surface area contributed by atoms with Crippen LogP contribution in [-0.4, -0.2) is 0 Å². The van der Waals surface area contributed by atoms with Gasteiger partial charge in [0.15, 0.2) is 0 Å². The molecule has 2 rings (SSSR count). The Morgan fingerprint density at radius 1 is 1.06 bits per heavy atom. The van der Waals surface area contributed by atoms with E-state index >= 15 is 0 Å². The molecule has 1 unspecified atom stereocenters. The lowest BCUT2D eigenvalue weighted by Crippen LogP contribution is -2.11. The summed E-state index contributed by atoms with van der Waals surface area (Å²) in [5.74, 6) is 0. The third-order valence-corrected chi connectivity index (χ3v) is 3.91. The first-order valence-electron chi connectivity index (χ1n) is 5.47. The standard InChI is InChI=1S/C14H17NS/c1-9-4-6-12(10(2)8-9)14(15)13-7-5-11(3)16-13/h4-8,14H,15H2,1-3H3. The van der Waals surface area contributed by atoms with Gasteiger partial charge in [-0.25, -0.2) is 0 Å². The Morgan fingerprint density at radius 2 is 1.81 bits per heavy atom. The predicted molar refractivity (Wildman–Crippen MR) is 71.0 cm³/mol. The minimum absolute atomic E-state index is 0.0132. The van der Waals surface area contributed by atoms with E-state index in [0.717, 1.165) is 0 Å². The molecule has 1 aromatic carbocycles. The third-order valence-electron chi connectivity index (χ3n) is 2.83. The van der Waals surface area contributed by atoms with Gasteiger partial charge < -0.3 is 5.73 Å². The van der Waals surface area contributed by atoms with Crippen molar-refractivity contribution in [1.82, 2.24) is 0 Å². The van der Waals surface area contributed by atoms with Crippen molar-refractivity contribution < 1.29 is 0 Å². The van der Waals surface area contributed by atoms with Crippen LogP contribution < -0.4 is 5.73 Å². The number of hydrogen-bond donors (Lipinski definition) is 1. The predicted octanol–water partition coefficient (Wildman–Crippen LogP) is 3.72. The second-order valence-corrected chi connectivity index (χ2v) is 5.61. The number of hydrogen-bond acceptors (Lipinski definition) is 2. The minimum atomic E-state index is 0.0132. The van der Waals surface area contributed by atoms with Crippen LogP contribution in [0.4, 0.5) is 0 Å². The summed E-state index contributed by atoms with van der Waals surface area (Å²) in [5.41, 5.74) is 10.1. The van der Waals surface area contributed by atoms with Gasteiger partial charge >= 0.3 is 0 Å². The fourth-order valence-electron chi connectivity index (χ4n) is 1.95. The molecule has 0 bridgehead atoms. The van der Waals surface area contributed by atoms with Crippen LogP contribution >= 0.6 is 11.3 Å². The Labute approximate surface area is 101 Å². The van der Waals surface area contributed by atoms with Gasteiger partial charge in [-0.1, -0.05) is 23.8 Å². The minimum Gasteiger partial charge on any atom is -0.320 e. The number of nitrogens with two attached hydrogens (primary N) is 1. The average molecular weight is 231 g/mol. The maximum atomic E-state index is 6.29. The average Bonchev–Trinajstić information content (AvgIpc) is 2.64. The highest BCUT2D eigenvalue weighted by atomic mass is 32.1. The van der Waals surface area contributed by atoms with Gasteiger partial charge in [0, 0.05) is 9.75 Å². The van der Waals surface area contributed by atoms with Crippen LogP contribution in [-0.2, 0) is 0 Å². The monoisotopic (exact) mass is 231 g/mol. The van der Waals surface area contributed by atoms with Gasteiger partial charge in [0.05, 0.1) is 6.04 Å². The molecule has 0 aliphatic rings. The van der Waals surface area contributed by atoms with Crippen molar-refractivity contribution in [2.45, 2.75) is 26.8 Å². The van der Waals surface area contributed by atoms with Crippen molar-refractivity contribution in [3.8, 4) is 0 Å². The molecule has 1 atom stereocenters. The number of thiophene rings is 1. The molecule has 0 aliphatic carbocycles. The summed E-state index contributed by atoms with van der Waals surface area (Å²) >= 11 is 1.78. The van der Waals surface area contributed by atoms with Gasteiger partial charge in [0.1, 0.15) is 0 Å². The number of aryl methyl sites for hydroxylation is 3. The maximum Gasteiger partial charge on any atom is 0.0648 e. The van der Waals surface area contributed by atoms with Gasteiger partial charge in [0.25, 0.3) is 0 Å². The summed E-state index contributed by atoms with van der Waals surface area (Å²) in [7, 11) is 0. The molecule has 1 heterocycles. The van der Waals surface area contributed by atoms with E-state index in [2.05, 4.69) is 51.1 Å². The molecule has 2 aromatic rings. The lowest BCUT2D eigenvalue weighted by Gasteiger charge is -2.13. The first-order valence-corrected chi connectivity index (χ1v) is 6.28. The van der Waals surface area contributed by atoms with Crippen molar-refractivity contribution in [2.24, 2.45) is 5.73 Å². The molecule has 2 N–H and O–H groups in total. The van der Waals surface area contributed by atoms with Crippen LogP contribution in [0.1, 0.15) is 32.5 Å². The highest BCUT2D eigenvalue weighted by Crippen LogP contribution is 2.28. The number of rotatable bonds is 2. The van der Waals surface area contributed by atoms with E-state index < -0.39 is 0 Å². The smallest absolute Gasteiger partial charge is 0.0648 e. The lowest BCUT2D eigenvalue weighted by molar-refractivity contribution is 0.881. The fourth-order valence-corrected chi connectivity index (χ4v) is 2.85. The van der Waals surface area contributed by atoms with Crippen LogP contribution in [0.25, 0.3) is 0 Å². The maximum absolute atomic E-state index is 6.29. The van der Waals surface area contributed by atoms with Crippen LogP contribution in [0.3, 0.4) is 0 Å². The van der Waals surface area contributed by atoms with Crippen LogP contribution in [0, 0.1) is 20.8 Å². The molecule has 16 heavy (non-hydrogen) atoms.